The predicted molar refractivity (Wildman–Crippen MR) is 172 cm³/mol. The van der Waals surface area contributed by atoms with Gasteiger partial charge in [0, 0.05) is 36.0 Å². The average Bonchev–Trinajstić information content (AvgIpc) is 3.63. The summed E-state index contributed by atoms with van der Waals surface area (Å²) < 4.78 is 3.77. The van der Waals surface area contributed by atoms with Crippen molar-refractivity contribution in [3.8, 4) is 44.3 Å². The normalized spacial score (nSPS) is 11.5. The van der Waals surface area contributed by atoms with Gasteiger partial charge in [-0.1, -0.05) is 103 Å². The van der Waals surface area contributed by atoms with E-state index in [9.17, 15) is 0 Å². The van der Waals surface area contributed by atoms with Gasteiger partial charge in [0.2, 0.25) is 0 Å². The Balaban J connectivity index is 1.33. The van der Waals surface area contributed by atoms with Crippen LogP contribution in [0.25, 0.3) is 74.6 Å². The van der Waals surface area contributed by atoms with Gasteiger partial charge in [0.15, 0.2) is 5.82 Å². The largest absolute Gasteiger partial charge is 0.228 e. The molecule has 0 aliphatic heterocycles. The minimum Gasteiger partial charge on any atom is -0.228 e. The summed E-state index contributed by atoms with van der Waals surface area (Å²) in [7, 11) is 0. The number of fused-ring (bicyclic) bond motifs is 4. The van der Waals surface area contributed by atoms with E-state index in [1.54, 1.807) is 11.3 Å². The third-order valence-corrected chi connectivity index (χ3v) is 9.70. The molecular weight excluding hydrogens is 525 g/mol. The highest BCUT2D eigenvalue weighted by atomic mass is 32.1. The highest BCUT2D eigenvalue weighted by molar-refractivity contribution is 7.26. The zero-order valence-corrected chi connectivity index (χ0v) is 23.0. The lowest BCUT2D eigenvalue weighted by molar-refractivity contribution is 1.19. The van der Waals surface area contributed by atoms with Crippen LogP contribution in [0.15, 0.2) is 133 Å². The minimum atomic E-state index is 0.759. The lowest BCUT2D eigenvalue weighted by Gasteiger charge is -2.10. The van der Waals surface area contributed by atoms with Gasteiger partial charge < -0.3 is 0 Å². The molecule has 0 atom stereocenters. The maximum absolute atomic E-state index is 5.19. The van der Waals surface area contributed by atoms with Crippen molar-refractivity contribution in [1.29, 1.82) is 0 Å². The summed E-state index contributed by atoms with van der Waals surface area (Å²) >= 11 is 3.59. The molecule has 0 spiro atoms. The second-order valence-electron chi connectivity index (χ2n) is 9.83. The molecule has 0 N–H and O–H groups in total. The zero-order chi connectivity index (χ0) is 26.5. The fraction of sp³-hybridized carbons (Fsp3) is 0. The summed E-state index contributed by atoms with van der Waals surface area (Å²) in [6, 6.07) is 47.2. The van der Waals surface area contributed by atoms with Crippen LogP contribution in [0, 0.1) is 0 Å². The van der Waals surface area contributed by atoms with Gasteiger partial charge in [0.1, 0.15) is 0 Å². The summed E-state index contributed by atoms with van der Waals surface area (Å²) in [5.74, 6) is 0.759. The standard InChI is InChI=1S/C36H22N2S2/c1-2-9-23(10-3-1)24-17-19-25(20-18-24)30-22-31(34-21-26-11-4-6-15-32(26)39-34)38-36(37-30)29-14-8-13-28-27-12-5-7-16-33(27)40-35(28)29/h1-22H. The Morgan fingerprint density at radius 3 is 1.98 bits per heavy atom. The van der Waals surface area contributed by atoms with E-state index in [2.05, 4.69) is 127 Å². The topological polar surface area (TPSA) is 25.8 Å². The monoisotopic (exact) mass is 546 g/mol. The molecule has 0 fully saturated rings. The molecule has 0 unspecified atom stereocenters. The first-order valence-electron chi connectivity index (χ1n) is 13.2. The average molecular weight is 547 g/mol. The smallest absolute Gasteiger partial charge is 0.161 e. The predicted octanol–water partition coefficient (Wildman–Crippen LogP) is 10.7. The molecule has 8 aromatic rings. The number of benzene rings is 5. The summed E-state index contributed by atoms with van der Waals surface area (Å²) in [5.41, 5.74) is 6.43. The molecule has 0 aliphatic rings. The fourth-order valence-electron chi connectivity index (χ4n) is 5.34. The SMILES string of the molecule is c1ccc(-c2ccc(-c3cc(-c4cc5ccccc5s4)nc(-c4cccc5c4sc4ccccc45)n3)cc2)cc1. The van der Waals surface area contributed by atoms with E-state index < -0.39 is 0 Å². The summed E-state index contributed by atoms with van der Waals surface area (Å²) in [6.45, 7) is 0. The second kappa shape index (κ2) is 9.53. The van der Waals surface area contributed by atoms with Crippen LogP contribution in [0.5, 0.6) is 0 Å². The van der Waals surface area contributed by atoms with Gasteiger partial charge in [0.05, 0.1) is 16.3 Å². The number of thiophene rings is 2. The highest BCUT2D eigenvalue weighted by Gasteiger charge is 2.16. The molecule has 5 aromatic carbocycles. The van der Waals surface area contributed by atoms with E-state index in [4.69, 9.17) is 9.97 Å². The van der Waals surface area contributed by atoms with Gasteiger partial charge in [-0.05, 0) is 46.8 Å². The Hall–Kier alpha value is -4.64. The molecule has 0 amide bonds. The van der Waals surface area contributed by atoms with Crippen molar-refractivity contribution in [3.63, 3.8) is 0 Å². The Labute approximate surface area is 239 Å². The van der Waals surface area contributed by atoms with Crippen molar-refractivity contribution in [2.45, 2.75) is 0 Å². The molecule has 2 nitrogen and oxygen atoms in total. The minimum absolute atomic E-state index is 0.759. The lowest BCUT2D eigenvalue weighted by Crippen LogP contribution is -1.95. The third kappa shape index (κ3) is 4.01. The van der Waals surface area contributed by atoms with Crippen molar-refractivity contribution >= 4 is 52.9 Å². The molecule has 0 bridgehead atoms. The van der Waals surface area contributed by atoms with E-state index in [1.165, 1.54) is 41.4 Å². The summed E-state index contributed by atoms with van der Waals surface area (Å²) in [5, 5.41) is 3.77. The van der Waals surface area contributed by atoms with Crippen molar-refractivity contribution in [3.05, 3.63) is 133 Å². The van der Waals surface area contributed by atoms with Crippen LogP contribution in [0.3, 0.4) is 0 Å². The van der Waals surface area contributed by atoms with E-state index in [1.807, 2.05) is 17.4 Å². The van der Waals surface area contributed by atoms with E-state index in [0.29, 0.717) is 0 Å². The first-order valence-corrected chi connectivity index (χ1v) is 14.9. The quantitative estimate of drug-likeness (QED) is 0.219. The number of aromatic nitrogens is 2. The highest BCUT2D eigenvalue weighted by Crippen LogP contribution is 2.41. The first-order chi connectivity index (χ1) is 19.8. The maximum atomic E-state index is 5.19. The van der Waals surface area contributed by atoms with Crippen LogP contribution in [0.2, 0.25) is 0 Å². The van der Waals surface area contributed by atoms with E-state index in [-0.39, 0.29) is 0 Å². The molecule has 0 saturated carbocycles. The molecule has 0 radical (unpaired) electrons. The number of hydrogen-bond donors (Lipinski definition) is 0. The maximum Gasteiger partial charge on any atom is 0.161 e. The van der Waals surface area contributed by atoms with Crippen LogP contribution in [0.4, 0.5) is 0 Å². The van der Waals surface area contributed by atoms with Crippen molar-refractivity contribution < 1.29 is 0 Å². The van der Waals surface area contributed by atoms with E-state index >= 15 is 0 Å². The third-order valence-electron chi connectivity index (χ3n) is 7.34. The Bertz CT molecular complexity index is 2120. The molecule has 0 saturated heterocycles. The molecule has 0 aliphatic carbocycles. The van der Waals surface area contributed by atoms with Gasteiger partial charge in [-0.2, -0.15) is 0 Å². The van der Waals surface area contributed by atoms with Gasteiger partial charge >= 0.3 is 0 Å². The van der Waals surface area contributed by atoms with Crippen LogP contribution in [-0.4, -0.2) is 9.97 Å². The molecule has 4 heteroatoms. The van der Waals surface area contributed by atoms with Gasteiger partial charge in [0.25, 0.3) is 0 Å². The summed E-state index contributed by atoms with van der Waals surface area (Å²) in [6.07, 6.45) is 0. The van der Waals surface area contributed by atoms with Gasteiger partial charge in [-0.15, -0.1) is 22.7 Å². The molecule has 188 valence electrons. The van der Waals surface area contributed by atoms with E-state index in [0.717, 1.165) is 33.2 Å². The lowest BCUT2D eigenvalue weighted by atomic mass is 10.0. The van der Waals surface area contributed by atoms with Crippen LogP contribution in [-0.2, 0) is 0 Å². The second-order valence-corrected chi connectivity index (χ2v) is 12.0. The first kappa shape index (κ1) is 23.3. The zero-order valence-electron chi connectivity index (χ0n) is 21.4. The fourth-order valence-corrected chi connectivity index (χ4v) is 7.57. The number of rotatable bonds is 4. The van der Waals surface area contributed by atoms with Crippen molar-refractivity contribution in [2.24, 2.45) is 0 Å². The van der Waals surface area contributed by atoms with Crippen LogP contribution >= 0.6 is 22.7 Å². The summed E-state index contributed by atoms with van der Waals surface area (Å²) in [4.78, 5) is 11.5. The Morgan fingerprint density at radius 1 is 0.450 bits per heavy atom. The van der Waals surface area contributed by atoms with Gasteiger partial charge in [-0.3, -0.25) is 0 Å². The van der Waals surface area contributed by atoms with Crippen LogP contribution < -0.4 is 0 Å². The Morgan fingerprint density at radius 2 is 1.12 bits per heavy atom. The van der Waals surface area contributed by atoms with Crippen molar-refractivity contribution in [1.82, 2.24) is 9.97 Å². The molecule has 40 heavy (non-hydrogen) atoms. The van der Waals surface area contributed by atoms with Crippen LogP contribution in [0.1, 0.15) is 0 Å². The van der Waals surface area contributed by atoms with Crippen molar-refractivity contribution in [2.75, 3.05) is 0 Å². The number of hydrogen-bond acceptors (Lipinski definition) is 4. The molecule has 3 heterocycles. The van der Waals surface area contributed by atoms with Gasteiger partial charge in [-0.25, -0.2) is 9.97 Å². The number of nitrogens with zero attached hydrogens (tertiary/aromatic N) is 2. The molecule has 3 aromatic heterocycles. The Kier molecular flexibility index (Phi) is 5.54. The molecule has 8 rings (SSSR count). The molecular formula is C36H22N2S2.